The topological polar surface area (TPSA) is 15.8 Å². The lowest BCUT2D eigenvalue weighted by Gasteiger charge is -1.98. The van der Waals surface area contributed by atoms with Gasteiger partial charge in [-0.25, -0.2) is 0 Å². The van der Waals surface area contributed by atoms with Gasteiger partial charge >= 0.3 is 0 Å². The normalized spacial score (nSPS) is 10.4. The number of fused-ring (bicyclic) bond motifs is 1. The van der Waals surface area contributed by atoms with Crippen molar-refractivity contribution in [1.82, 2.24) is 4.98 Å². The van der Waals surface area contributed by atoms with Gasteiger partial charge in [0.2, 0.25) is 0 Å². The van der Waals surface area contributed by atoms with E-state index in [0.29, 0.717) is 0 Å². The summed E-state index contributed by atoms with van der Waals surface area (Å²) in [6.07, 6.45) is 1.88. The van der Waals surface area contributed by atoms with Crippen LogP contribution >= 0.6 is 12.2 Å². The van der Waals surface area contributed by atoms with Gasteiger partial charge in [0.05, 0.1) is 0 Å². The van der Waals surface area contributed by atoms with E-state index >= 15 is 0 Å². The van der Waals surface area contributed by atoms with Crippen LogP contribution in [0.5, 0.6) is 0 Å². The number of aromatic nitrogens is 1. The molecule has 0 saturated carbocycles. The summed E-state index contributed by atoms with van der Waals surface area (Å²) in [5, 5.41) is 2.33. The van der Waals surface area contributed by atoms with Crippen molar-refractivity contribution in [3.8, 4) is 0 Å². The first-order valence-electron chi connectivity index (χ1n) is 3.85. The lowest BCUT2D eigenvalue weighted by atomic mass is 10.1. The molecular formula is C10H9NS. The SMILES string of the molecule is Cc1ccc2cc[nH]c(=S)c2c1. The van der Waals surface area contributed by atoms with Gasteiger partial charge in [-0.1, -0.05) is 29.9 Å². The monoisotopic (exact) mass is 175 g/mol. The van der Waals surface area contributed by atoms with Gasteiger partial charge in [-0.05, 0) is 24.4 Å². The molecule has 2 heteroatoms. The van der Waals surface area contributed by atoms with Gasteiger partial charge in [0.1, 0.15) is 4.64 Å². The van der Waals surface area contributed by atoms with Crippen molar-refractivity contribution in [3.05, 3.63) is 40.7 Å². The van der Waals surface area contributed by atoms with Crippen molar-refractivity contribution in [2.45, 2.75) is 6.92 Å². The van der Waals surface area contributed by atoms with Crippen LogP contribution in [0.4, 0.5) is 0 Å². The molecule has 0 spiro atoms. The van der Waals surface area contributed by atoms with Crippen molar-refractivity contribution < 1.29 is 0 Å². The second kappa shape index (κ2) is 2.72. The summed E-state index contributed by atoms with van der Waals surface area (Å²) in [5.74, 6) is 0. The number of aryl methyl sites for hydroxylation is 1. The molecule has 0 unspecified atom stereocenters. The summed E-state index contributed by atoms with van der Waals surface area (Å²) in [6, 6.07) is 8.32. The Morgan fingerprint density at radius 3 is 2.92 bits per heavy atom. The summed E-state index contributed by atoms with van der Waals surface area (Å²) in [7, 11) is 0. The van der Waals surface area contributed by atoms with Crippen LogP contribution in [-0.2, 0) is 0 Å². The molecule has 0 fully saturated rings. The van der Waals surface area contributed by atoms with E-state index in [2.05, 4.69) is 30.1 Å². The predicted molar refractivity (Wildman–Crippen MR) is 53.9 cm³/mol. The number of H-pyrrole nitrogens is 1. The zero-order valence-electron chi connectivity index (χ0n) is 6.79. The summed E-state index contributed by atoms with van der Waals surface area (Å²) in [6.45, 7) is 2.07. The van der Waals surface area contributed by atoms with Crippen LogP contribution in [0.25, 0.3) is 10.8 Å². The van der Waals surface area contributed by atoms with Gasteiger partial charge in [0.25, 0.3) is 0 Å². The highest BCUT2D eigenvalue weighted by Gasteiger charge is 1.93. The number of rotatable bonds is 0. The molecule has 0 bridgehead atoms. The second-order valence-corrected chi connectivity index (χ2v) is 3.31. The fraction of sp³-hybridized carbons (Fsp3) is 0.100. The highest BCUT2D eigenvalue weighted by atomic mass is 32.1. The minimum absolute atomic E-state index is 0.816. The van der Waals surface area contributed by atoms with E-state index in [4.69, 9.17) is 12.2 Å². The Hall–Kier alpha value is -1.15. The fourth-order valence-corrected chi connectivity index (χ4v) is 1.54. The predicted octanol–water partition coefficient (Wildman–Crippen LogP) is 3.21. The molecule has 60 valence electrons. The Bertz CT molecular complexity index is 470. The molecule has 2 rings (SSSR count). The lowest BCUT2D eigenvalue weighted by Crippen LogP contribution is -1.79. The van der Waals surface area contributed by atoms with Crippen molar-refractivity contribution in [3.63, 3.8) is 0 Å². The molecule has 0 saturated heterocycles. The summed E-state index contributed by atoms with van der Waals surface area (Å²) < 4.78 is 0.816. The highest BCUT2D eigenvalue weighted by Crippen LogP contribution is 2.14. The molecule has 0 aliphatic heterocycles. The van der Waals surface area contributed by atoms with Crippen LogP contribution < -0.4 is 0 Å². The number of nitrogens with one attached hydrogen (secondary N) is 1. The Balaban J connectivity index is 2.98. The minimum Gasteiger partial charge on any atom is -0.352 e. The van der Waals surface area contributed by atoms with Crippen molar-refractivity contribution >= 4 is 23.0 Å². The summed E-state index contributed by atoms with van der Waals surface area (Å²) in [5.41, 5.74) is 1.24. The third-order valence-electron chi connectivity index (χ3n) is 1.93. The zero-order valence-corrected chi connectivity index (χ0v) is 7.61. The maximum absolute atomic E-state index is 5.16. The van der Waals surface area contributed by atoms with E-state index in [1.165, 1.54) is 10.9 Å². The zero-order chi connectivity index (χ0) is 8.55. The molecule has 12 heavy (non-hydrogen) atoms. The molecule has 0 amide bonds. The molecule has 1 N–H and O–H groups in total. The molecule has 0 radical (unpaired) electrons. The maximum atomic E-state index is 5.16. The van der Waals surface area contributed by atoms with Gasteiger partial charge in [0, 0.05) is 11.6 Å². The Kier molecular flexibility index (Phi) is 1.70. The van der Waals surface area contributed by atoms with Crippen molar-refractivity contribution in [2.24, 2.45) is 0 Å². The number of benzene rings is 1. The molecule has 0 aliphatic rings. The van der Waals surface area contributed by atoms with E-state index < -0.39 is 0 Å². The van der Waals surface area contributed by atoms with E-state index in [1.807, 2.05) is 12.3 Å². The van der Waals surface area contributed by atoms with Crippen LogP contribution in [0.2, 0.25) is 0 Å². The minimum atomic E-state index is 0.816. The van der Waals surface area contributed by atoms with Gasteiger partial charge in [-0.15, -0.1) is 0 Å². The first kappa shape index (κ1) is 7.50. The van der Waals surface area contributed by atoms with E-state index in [0.717, 1.165) is 10.0 Å². The van der Waals surface area contributed by atoms with Crippen LogP contribution in [0.3, 0.4) is 0 Å². The second-order valence-electron chi connectivity index (χ2n) is 2.90. The first-order chi connectivity index (χ1) is 5.77. The van der Waals surface area contributed by atoms with Gasteiger partial charge in [0.15, 0.2) is 0 Å². The number of hydrogen-bond donors (Lipinski definition) is 1. The Morgan fingerprint density at radius 1 is 1.25 bits per heavy atom. The van der Waals surface area contributed by atoms with Crippen molar-refractivity contribution in [2.75, 3.05) is 0 Å². The maximum Gasteiger partial charge on any atom is 0.111 e. The molecule has 1 aromatic heterocycles. The fourth-order valence-electron chi connectivity index (χ4n) is 1.30. The molecule has 1 heterocycles. The van der Waals surface area contributed by atoms with Crippen LogP contribution in [0.15, 0.2) is 30.5 Å². The van der Waals surface area contributed by atoms with Gasteiger partial charge < -0.3 is 4.98 Å². The smallest absolute Gasteiger partial charge is 0.111 e. The lowest BCUT2D eigenvalue weighted by molar-refractivity contribution is 1.33. The van der Waals surface area contributed by atoms with Gasteiger partial charge in [-0.2, -0.15) is 0 Å². The van der Waals surface area contributed by atoms with Crippen LogP contribution in [0, 0.1) is 11.6 Å². The average molecular weight is 175 g/mol. The first-order valence-corrected chi connectivity index (χ1v) is 4.26. The molecule has 1 aromatic carbocycles. The number of pyridine rings is 1. The highest BCUT2D eigenvalue weighted by molar-refractivity contribution is 7.71. The number of hydrogen-bond acceptors (Lipinski definition) is 1. The Morgan fingerprint density at radius 2 is 2.08 bits per heavy atom. The third-order valence-corrected chi connectivity index (χ3v) is 2.27. The summed E-state index contributed by atoms with van der Waals surface area (Å²) in [4.78, 5) is 3.02. The summed E-state index contributed by atoms with van der Waals surface area (Å²) >= 11 is 5.16. The number of aromatic amines is 1. The van der Waals surface area contributed by atoms with E-state index in [9.17, 15) is 0 Å². The standard InChI is InChI=1S/C10H9NS/c1-7-2-3-8-4-5-11-10(12)9(8)6-7/h2-6H,1H3,(H,11,12). The van der Waals surface area contributed by atoms with Crippen molar-refractivity contribution in [1.29, 1.82) is 0 Å². The molecule has 0 aliphatic carbocycles. The third kappa shape index (κ3) is 1.14. The molecular weight excluding hydrogens is 166 g/mol. The van der Waals surface area contributed by atoms with E-state index in [1.54, 1.807) is 0 Å². The quantitative estimate of drug-likeness (QED) is 0.608. The average Bonchev–Trinajstić information content (AvgIpc) is 2.07. The molecule has 2 aromatic rings. The molecule has 0 atom stereocenters. The van der Waals surface area contributed by atoms with E-state index in [-0.39, 0.29) is 0 Å². The van der Waals surface area contributed by atoms with Crippen LogP contribution in [0.1, 0.15) is 5.56 Å². The molecule has 1 nitrogen and oxygen atoms in total. The largest absolute Gasteiger partial charge is 0.352 e. The van der Waals surface area contributed by atoms with Gasteiger partial charge in [-0.3, -0.25) is 0 Å². The Labute approximate surface area is 76.1 Å². The van der Waals surface area contributed by atoms with Crippen LogP contribution in [-0.4, -0.2) is 4.98 Å².